The Morgan fingerprint density at radius 2 is 0.850 bits per heavy atom. The third kappa shape index (κ3) is 19.7. The Hall–Kier alpha value is -6.20. The Balaban J connectivity index is 0.000000142. The zero-order valence-electron chi connectivity index (χ0n) is 74.0. The van der Waals surface area contributed by atoms with Crippen molar-refractivity contribution in [3.63, 3.8) is 0 Å². The van der Waals surface area contributed by atoms with E-state index in [-0.39, 0.29) is 108 Å². The minimum absolute atomic E-state index is 0.0231. The third-order valence-corrected chi connectivity index (χ3v) is 30.2. The average Bonchev–Trinajstić information content (AvgIpc) is 1.56. The number of ether oxygens (including phenoxy) is 18. The highest BCUT2D eigenvalue weighted by molar-refractivity contribution is 7.87. The van der Waals surface area contributed by atoms with Gasteiger partial charge in [0.05, 0.1) is 62.3 Å². The third-order valence-electron chi connectivity index (χ3n) is 28.4. The van der Waals surface area contributed by atoms with E-state index >= 15 is 0 Å². The molecule has 0 radical (unpaired) electrons. The maximum Gasteiger partial charge on any atom is 0.350 e. The van der Waals surface area contributed by atoms with Gasteiger partial charge < -0.3 is 85.3 Å². The lowest BCUT2D eigenvalue weighted by atomic mass is 9.78. The summed E-state index contributed by atoms with van der Waals surface area (Å²) in [6, 6.07) is 0. The Kier molecular flexibility index (Phi) is 28.7. The van der Waals surface area contributed by atoms with Crippen LogP contribution in [0, 0.1) is 68.0 Å². The fraction of sp³-hybridized carbons (Fsp3) is 0.874. The highest BCUT2D eigenvalue weighted by atomic mass is 32.2. The van der Waals surface area contributed by atoms with Gasteiger partial charge in [-0.05, 0) is 212 Å². The van der Waals surface area contributed by atoms with Gasteiger partial charge >= 0.3 is 65.7 Å². The van der Waals surface area contributed by atoms with E-state index in [0.29, 0.717) is 58.0 Å². The summed E-state index contributed by atoms with van der Waals surface area (Å²) in [5, 5.41) is -0.406. The molecule has 6 aliphatic carbocycles. The number of carbonyl (C=O) groups is 11. The minimum atomic E-state index is -3.42. The van der Waals surface area contributed by atoms with Crippen LogP contribution >= 0.6 is 0 Å². The molecule has 0 aromatic rings. The first-order valence-electron chi connectivity index (χ1n) is 43.8. The van der Waals surface area contributed by atoms with Crippen LogP contribution < -0.4 is 0 Å². The molecule has 32 nitrogen and oxygen atoms in total. The molecule has 1 spiro atoms. The molecule has 120 heavy (non-hydrogen) atoms. The molecule has 0 aromatic carbocycles. The zero-order chi connectivity index (χ0) is 88.3. The maximum absolute atomic E-state index is 12.4. The summed E-state index contributed by atoms with van der Waals surface area (Å²) in [5.74, 6) is -4.44. The largest absolute Gasteiger partial charge is 0.465 e. The number of cyclic esters (lactones) is 1. The van der Waals surface area contributed by atoms with E-state index in [9.17, 15) is 61.2 Å². The molecular formula is C87H132O32S. The molecule has 0 amide bonds. The number of rotatable bonds is 19. The van der Waals surface area contributed by atoms with E-state index in [1.165, 1.54) is 6.42 Å². The molecule has 25 unspecified atom stereocenters. The van der Waals surface area contributed by atoms with E-state index in [2.05, 4.69) is 0 Å². The molecule has 0 aromatic heterocycles. The molecule has 6 bridgehead atoms. The number of hydrogen-bond acceptors (Lipinski definition) is 32. The molecule has 16 fully saturated rings. The number of hydrogen-bond donors (Lipinski definition) is 0. The molecule has 10 aliphatic heterocycles. The molecule has 678 valence electrons. The lowest BCUT2D eigenvalue weighted by Gasteiger charge is -2.36. The van der Waals surface area contributed by atoms with Crippen LogP contribution in [-0.2, 0) is 152 Å². The van der Waals surface area contributed by atoms with Gasteiger partial charge in [0.25, 0.3) is 10.1 Å². The van der Waals surface area contributed by atoms with Crippen molar-refractivity contribution in [2.24, 2.45) is 68.0 Å². The van der Waals surface area contributed by atoms with Crippen LogP contribution in [0.4, 0.5) is 0 Å². The van der Waals surface area contributed by atoms with E-state index in [1.807, 2.05) is 96.9 Å². The molecule has 10 saturated heterocycles. The smallest absolute Gasteiger partial charge is 0.350 e. The van der Waals surface area contributed by atoms with Gasteiger partial charge in [-0.1, -0.05) is 48.0 Å². The SMILES string of the molecule is CCC(C)(C)C(=O)OC1C(=O)OC2C3OC(C)(C)OC3OC12.CCC(C)(C)C(=O)OC1C(=O)OC2C3OC4(CCCCC4)OC3OC12.CCC(C)(C)C(=O)OC1C(=O)OC2CCCC21.CCC(C)(C)C(=O)OC1C2CC(C3COC(=O)C32)C1OC.CCC(C)(C)C(=O)OC1CCC2CC1OC2=O.CCC(C)(C)C(=O)OC1CCC2CC1OS2(=O)=O. The van der Waals surface area contributed by atoms with Crippen LogP contribution in [0.15, 0.2) is 0 Å². The first-order valence-corrected chi connectivity index (χ1v) is 45.2. The molecule has 25 atom stereocenters. The van der Waals surface area contributed by atoms with Gasteiger partial charge in [0.1, 0.15) is 48.8 Å². The summed E-state index contributed by atoms with van der Waals surface area (Å²) in [4.78, 5) is 132. The Morgan fingerprint density at radius 1 is 0.400 bits per heavy atom. The fourth-order valence-electron chi connectivity index (χ4n) is 17.8. The van der Waals surface area contributed by atoms with Crippen LogP contribution in [0.25, 0.3) is 0 Å². The second-order valence-corrected chi connectivity index (χ2v) is 41.2. The molecule has 33 heteroatoms. The van der Waals surface area contributed by atoms with Crippen LogP contribution in [0.1, 0.15) is 273 Å². The van der Waals surface area contributed by atoms with E-state index in [0.717, 1.165) is 77.0 Å². The Bertz CT molecular complexity index is 3890. The number of carbonyl (C=O) groups excluding carboxylic acids is 11. The van der Waals surface area contributed by atoms with Crippen LogP contribution in [0.2, 0.25) is 0 Å². The van der Waals surface area contributed by atoms with Gasteiger partial charge in [0, 0.05) is 44.1 Å². The number of methoxy groups -OCH3 is 1. The lowest BCUT2D eigenvalue weighted by molar-refractivity contribution is -0.246. The average molecular weight is 1720 g/mol. The van der Waals surface area contributed by atoms with Gasteiger partial charge in [-0.15, -0.1) is 0 Å². The van der Waals surface area contributed by atoms with E-state index in [1.54, 1.807) is 48.7 Å². The standard InChI is InChI=1S/C18H26O7.C16H24O5.C15H22O7.2C13H20O4.C12H20O5S/c1-4-17(2,3)16(20)23-12-10-11(21-14(12)19)13-15(22-10)25-18(24-13)8-6-5-7-9-18;1-5-16(2,3)15(18)21-13-9-6-8(12(13)19-4)10-7-20-14(17)11(9)10;1-6-14(2,3)13(17)20-9-7-8(18-11(9)16)10-12(19-7)22-15(4,5)21-10;1-4-13(2,3)12(15)17-9-6-5-8-7-10(9)16-11(8)14;1-4-13(2,3)12(15)17-10-8-6-5-7-9(8)16-11(10)14;1-4-12(2,3)11(13)16-9-6-5-8-7-10(9)17-18(8,14)15/h10-13,15H,4-9H2,1-3H3;8-13H,5-7H2,1-4H3;7-10,12H,6H2,1-5H3;2*8-10H,4-7H2,1-3H3;8-10H,4-7H2,1-3H3. The van der Waals surface area contributed by atoms with Crippen molar-refractivity contribution in [1.82, 2.24) is 0 Å². The van der Waals surface area contributed by atoms with Crippen molar-refractivity contribution < 1.29 is 151 Å². The summed E-state index contributed by atoms with van der Waals surface area (Å²) in [7, 11) is -1.77. The van der Waals surface area contributed by atoms with Gasteiger partial charge in [-0.3, -0.25) is 42.5 Å². The molecule has 16 rings (SSSR count). The van der Waals surface area contributed by atoms with Crippen molar-refractivity contribution in [1.29, 1.82) is 0 Å². The van der Waals surface area contributed by atoms with Crippen molar-refractivity contribution in [2.75, 3.05) is 13.7 Å². The first-order chi connectivity index (χ1) is 56.0. The van der Waals surface area contributed by atoms with Crippen molar-refractivity contribution in [3.8, 4) is 0 Å². The highest BCUT2D eigenvalue weighted by Crippen LogP contribution is 2.58. The predicted octanol–water partition coefficient (Wildman–Crippen LogP) is 10.7. The molecule has 0 N–H and O–H groups in total. The highest BCUT2D eigenvalue weighted by Gasteiger charge is 2.69. The zero-order valence-corrected chi connectivity index (χ0v) is 74.8. The van der Waals surface area contributed by atoms with Crippen molar-refractivity contribution >= 4 is 75.8 Å². The molecule has 16 aliphatic rings. The summed E-state index contributed by atoms with van der Waals surface area (Å²) >= 11 is 0. The minimum Gasteiger partial charge on any atom is -0.465 e. The number of esters is 11. The Labute approximate surface area is 705 Å². The summed E-state index contributed by atoms with van der Waals surface area (Å²) in [6.45, 7) is 37.6. The lowest BCUT2D eigenvalue weighted by Crippen LogP contribution is -2.47. The summed E-state index contributed by atoms with van der Waals surface area (Å²) in [6.07, 6.45) is 7.30. The van der Waals surface area contributed by atoms with Crippen LogP contribution in [-0.4, -0.2) is 215 Å². The second kappa shape index (κ2) is 36.4. The number of fused-ring (bicyclic) bond motifs is 16. The van der Waals surface area contributed by atoms with E-state index < -0.39 is 163 Å². The maximum atomic E-state index is 12.4. The van der Waals surface area contributed by atoms with Gasteiger partial charge in [0.15, 0.2) is 48.6 Å². The quantitative estimate of drug-likeness (QED) is 0.0658. The van der Waals surface area contributed by atoms with Crippen molar-refractivity contribution in [2.45, 2.75) is 400 Å². The van der Waals surface area contributed by atoms with Gasteiger partial charge in [-0.2, -0.15) is 8.42 Å². The fourth-order valence-corrected chi connectivity index (χ4v) is 19.3. The van der Waals surface area contributed by atoms with E-state index in [4.69, 9.17) is 89.4 Å². The van der Waals surface area contributed by atoms with Crippen molar-refractivity contribution in [3.05, 3.63) is 0 Å². The Morgan fingerprint density at radius 3 is 1.36 bits per heavy atom. The van der Waals surface area contributed by atoms with Gasteiger partial charge in [-0.25, -0.2) is 14.4 Å². The predicted molar refractivity (Wildman–Crippen MR) is 419 cm³/mol. The molecule has 6 saturated carbocycles. The van der Waals surface area contributed by atoms with Crippen LogP contribution in [0.3, 0.4) is 0 Å². The molecular weight excluding hydrogens is 1590 g/mol. The molecule has 10 heterocycles. The summed E-state index contributed by atoms with van der Waals surface area (Å²) in [5.41, 5.74) is -3.35. The monoisotopic (exact) mass is 1720 g/mol. The second-order valence-electron chi connectivity index (χ2n) is 39.4. The normalized spacial score (nSPS) is 36.8. The van der Waals surface area contributed by atoms with Crippen LogP contribution in [0.5, 0.6) is 0 Å². The first kappa shape index (κ1) is 94.5. The van der Waals surface area contributed by atoms with Gasteiger partial charge in [0.2, 0.25) is 18.3 Å². The summed E-state index contributed by atoms with van der Waals surface area (Å²) < 4.78 is 128. The topological polar surface area (TPSA) is 397 Å².